The van der Waals surface area contributed by atoms with E-state index in [9.17, 15) is 88.6 Å². The van der Waals surface area contributed by atoms with Gasteiger partial charge in [-0.05, 0) is 110 Å². The van der Waals surface area contributed by atoms with E-state index in [-0.39, 0.29) is 67.8 Å². The van der Waals surface area contributed by atoms with Crippen LogP contribution in [0.4, 0.5) is 79.0 Å². The molecule has 0 N–H and O–H groups in total. The number of hydrogen-bond donors (Lipinski definition) is 0. The SMILES string of the molecule is CC1=CC(C)(/C(=C2/N=C(c3ccc(Br)cc3)C=C2c2cc(C(F)(F)F)cc(C(F)(F)F)c2)c2c(-c3cc(C(F)(F)F)cc(C(F)(F)F)c3)cc(-c3ccc(Br)cc3)n2B(OC(=O)C(F)(F)F)OC(=O)C(F)(F)F)C(C)=C1. The van der Waals surface area contributed by atoms with Crippen molar-refractivity contribution >= 4 is 67.9 Å². The van der Waals surface area contributed by atoms with E-state index in [0.29, 0.717) is 10.5 Å². The number of halogens is 20. The van der Waals surface area contributed by atoms with Crippen LogP contribution in [0.3, 0.4) is 0 Å². The molecule has 2 aliphatic rings. The van der Waals surface area contributed by atoms with Crippen molar-refractivity contribution in [3.05, 3.63) is 174 Å². The van der Waals surface area contributed by atoms with E-state index in [1.54, 1.807) is 0 Å². The molecule has 0 saturated heterocycles. The zero-order valence-electron chi connectivity index (χ0n) is 38.1. The molecule has 1 atom stereocenters. The Hall–Kier alpha value is -6.51. The molecule has 0 spiro atoms. The lowest BCUT2D eigenvalue weighted by atomic mass is 9.73. The Bertz CT molecular complexity index is 3230. The lowest BCUT2D eigenvalue weighted by Crippen LogP contribution is -2.44. The van der Waals surface area contributed by atoms with Crippen LogP contribution in [-0.4, -0.2) is 41.7 Å². The van der Waals surface area contributed by atoms with E-state index < -0.39 is 134 Å². The van der Waals surface area contributed by atoms with Gasteiger partial charge in [-0.2, -0.15) is 79.0 Å². The van der Waals surface area contributed by atoms with Crippen LogP contribution in [0.25, 0.3) is 33.5 Å². The minimum atomic E-state index is -6.18. The Morgan fingerprint density at radius 3 is 1.34 bits per heavy atom. The first-order valence-corrected chi connectivity index (χ1v) is 22.7. The van der Waals surface area contributed by atoms with Crippen LogP contribution in [-0.2, 0) is 43.6 Å². The van der Waals surface area contributed by atoms with Crippen LogP contribution in [0.1, 0.15) is 59.8 Å². The van der Waals surface area contributed by atoms with Crippen LogP contribution in [0.5, 0.6) is 0 Å². The molecule has 1 aliphatic carbocycles. The van der Waals surface area contributed by atoms with Crippen molar-refractivity contribution in [2.24, 2.45) is 10.4 Å². The summed E-state index contributed by atoms with van der Waals surface area (Å²) in [5.41, 5.74) is -18.5. The summed E-state index contributed by atoms with van der Waals surface area (Å²) in [6.45, 7) is 3.90. The van der Waals surface area contributed by atoms with Gasteiger partial charge in [-0.3, -0.25) is 0 Å². The standard InChI is InChI=1S/C49H27BBr2F18N2O4/c1-22-12-23(2)43(3,21-22)38(39-34(19-36(71-39)24-4-8-32(51)9-5-24)26-13-28(44(53,54)55)17-29(14-26)45(56,57)58)40-35(27-15-30(46(59,60)61)18-31(16-27)47(62,63)64)20-37(25-6-10-33(52)11-7-25)72(40)50(75-41(73)48(65,66)67)76-42(74)49(68,69)70/h4-21H,1-3H3/b39-38+. The lowest BCUT2D eigenvalue weighted by Gasteiger charge is -2.33. The van der Waals surface area contributed by atoms with Crippen LogP contribution in [0.15, 0.2) is 140 Å². The summed E-state index contributed by atoms with van der Waals surface area (Å²) >= 11 is 6.32. The smallest absolute Gasteiger partial charge is 0.473 e. The average Bonchev–Trinajstić information content (AvgIpc) is 3.97. The molecule has 1 unspecified atom stereocenters. The summed E-state index contributed by atoms with van der Waals surface area (Å²) < 4.78 is 272. The molecule has 1 aliphatic heterocycles. The summed E-state index contributed by atoms with van der Waals surface area (Å²) in [6, 6.07) is 10.5. The Labute approximate surface area is 433 Å². The number of aromatic nitrogens is 1. The summed E-state index contributed by atoms with van der Waals surface area (Å²) in [7, 11) is -3.75. The molecule has 2 heterocycles. The first kappa shape index (κ1) is 57.2. The van der Waals surface area contributed by atoms with Crippen LogP contribution >= 0.6 is 31.9 Å². The van der Waals surface area contributed by atoms with Crippen LogP contribution in [0, 0.1) is 5.41 Å². The molecule has 0 bridgehead atoms. The van der Waals surface area contributed by atoms with E-state index in [1.807, 2.05) is 0 Å². The van der Waals surface area contributed by atoms with Crippen molar-refractivity contribution in [1.82, 2.24) is 4.48 Å². The van der Waals surface area contributed by atoms with Crippen LogP contribution < -0.4 is 0 Å². The number of nitrogens with zero attached hydrogens (tertiary/aromatic N) is 2. The van der Waals surface area contributed by atoms with Gasteiger partial charge in [0.1, 0.15) is 0 Å². The molecule has 76 heavy (non-hydrogen) atoms. The number of carbonyl (C=O) groups is 2. The first-order valence-electron chi connectivity index (χ1n) is 21.1. The third-order valence-corrected chi connectivity index (χ3v) is 12.8. The van der Waals surface area contributed by atoms with E-state index in [0.717, 1.165) is 18.2 Å². The molecule has 7 rings (SSSR count). The van der Waals surface area contributed by atoms with E-state index in [1.165, 1.54) is 69.3 Å². The summed E-state index contributed by atoms with van der Waals surface area (Å²) in [6.07, 6.45) is -31.2. The number of rotatable bonds is 9. The Morgan fingerprint density at radius 1 is 0.553 bits per heavy atom. The molecule has 0 saturated carbocycles. The second-order valence-electron chi connectivity index (χ2n) is 17.1. The zero-order chi connectivity index (χ0) is 56.6. The zero-order valence-corrected chi connectivity index (χ0v) is 41.2. The minimum Gasteiger partial charge on any atom is -0.473 e. The monoisotopic (exact) mass is 1220 g/mol. The molecule has 0 radical (unpaired) electrons. The molecule has 5 aromatic rings. The van der Waals surface area contributed by atoms with Gasteiger partial charge in [-0.1, -0.05) is 79.4 Å². The van der Waals surface area contributed by atoms with Crippen molar-refractivity contribution in [2.75, 3.05) is 0 Å². The third-order valence-electron chi connectivity index (χ3n) is 11.7. The fourth-order valence-electron chi connectivity index (χ4n) is 8.30. The topological polar surface area (TPSA) is 69.9 Å². The number of alkyl halides is 18. The van der Waals surface area contributed by atoms with Gasteiger partial charge in [0.25, 0.3) is 0 Å². The molecule has 1 aromatic heterocycles. The molecule has 27 heteroatoms. The van der Waals surface area contributed by atoms with Crippen molar-refractivity contribution < 1.29 is 97.9 Å². The second-order valence-corrected chi connectivity index (χ2v) is 18.9. The fraction of sp³-hybridized carbons (Fsp3) is 0.204. The maximum Gasteiger partial charge on any atom is 0.747 e. The molecular weight excluding hydrogens is 1190 g/mol. The first-order chi connectivity index (χ1) is 34.8. The highest BCUT2D eigenvalue weighted by Crippen LogP contribution is 2.56. The predicted octanol–water partition coefficient (Wildman–Crippen LogP) is 16.7. The van der Waals surface area contributed by atoms with Gasteiger partial charge >= 0.3 is 56.2 Å². The number of carbonyl (C=O) groups excluding carboxylic acids is 2. The third kappa shape index (κ3) is 11.9. The highest BCUT2D eigenvalue weighted by atomic mass is 79.9. The fourth-order valence-corrected chi connectivity index (χ4v) is 8.83. The van der Waals surface area contributed by atoms with E-state index in [4.69, 9.17) is 0 Å². The Morgan fingerprint density at radius 2 is 0.961 bits per heavy atom. The highest BCUT2D eigenvalue weighted by Gasteiger charge is 2.53. The van der Waals surface area contributed by atoms with Gasteiger partial charge in [-0.25, -0.2) is 14.6 Å². The number of aliphatic imine (C=N–C) groups is 1. The Balaban J connectivity index is 1.84. The number of allylic oxidation sites excluding steroid dienone is 7. The molecule has 0 fully saturated rings. The van der Waals surface area contributed by atoms with Crippen molar-refractivity contribution in [3.63, 3.8) is 0 Å². The van der Waals surface area contributed by atoms with Crippen LogP contribution in [0.2, 0.25) is 0 Å². The summed E-state index contributed by atoms with van der Waals surface area (Å²) in [5.74, 6) is -6.80. The average molecular weight is 1220 g/mol. The largest absolute Gasteiger partial charge is 0.747 e. The second kappa shape index (κ2) is 19.8. The normalized spacial score (nSPS) is 17.2. The maximum absolute atomic E-state index is 14.8. The van der Waals surface area contributed by atoms with Crippen molar-refractivity contribution in [1.29, 1.82) is 0 Å². The molecule has 6 nitrogen and oxygen atoms in total. The molecule has 4 aromatic carbocycles. The lowest BCUT2D eigenvalue weighted by molar-refractivity contribution is -0.197. The quantitative estimate of drug-likeness (QED) is 0.109. The summed E-state index contributed by atoms with van der Waals surface area (Å²) in [5, 5.41) is 0. The molecule has 0 amide bonds. The van der Waals surface area contributed by atoms with Gasteiger partial charge in [0.05, 0.1) is 33.7 Å². The van der Waals surface area contributed by atoms with Gasteiger partial charge in [0.15, 0.2) is 0 Å². The summed E-state index contributed by atoms with van der Waals surface area (Å²) in [4.78, 5) is 30.3. The Kier molecular flexibility index (Phi) is 14.9. The van der Waals surface area contributed by atoms with Gasteiger partial charge in [0.2, 0.25) is 0 Å². The highest BCUT2D eigenvalue weighted by molar-refractivity contribution is 9.10. The number of hydrogen-bond acceptors (Lipinski definition) is 5. The number of benzene rings is 4. The van der Waals surface area contributed by atoms with Gasteiger partial charge in [-0.15, -0.1) is 0 Å². The minimum absolute atomic E-state index is 0.0172. The molecule has 400 valence electrons. The predicted molar refractivity (Wildman–Crippen MR) is 246 cm³/mol. The van der Waals surface area contributed by atoms with Gasteiger partial charge < -0.3 is 13.8 Å². The van der Waals surface area contributed by atoms with Crippen molar-refractivity contribution in [3.8, 4) is 22.4 Å². The molecular formula is C49H27BBr2F18N2O4. The van der Waals surface area contributed by atoms with E-state index in [2.05, 4.69) is 46.2 Å². The van der Waals surface area contributed by atoms with Gasteiger partial charge in [0, 0.05) is 48.0 Å². The maximum atomic E-state index is 14.8. The van der Waals surface area contributed by atoms with E-state index >= 15 is 0 Å². The van der Waals surface area contributed by atoms with Crippen molar-refractivity contribution in [2.45, 2.75) is 57.8 Å².